The van der Waals surface area contributed by atoms with Crippen LogP contribution in [0.2, 0.25) is 0 Å². The highest BCUT2D eigenvalue weighted by atomic mass is 127. The standard InChI is InChI=1S/C13H14I3NO2/c14-8-5-9(11(16)10(15)6-8)12(18)17-7-13(19)3-1-2-4-13/h5-6,19H,1-4,7H2,(H,17,18). The van der Waals surface area contributed by atoms with Gasteiger partial charge in [0.25, 0.3) is 5.91 Å². The van der Waals surface area contributed by atoms with E-state index in [1.807, 2.05) is 12.1 Å². The van der Waals surface area contributed by atoms with E-state index >= 15 is 0 Å². The van der Waals surface area contributed by atoms with Crippen molar-refractivity contribution in [1.29, 1.82) is 0 Å². The van der Waals surface area contributed by atoms with Gasteiger partial charge in [0.15, 0.2) is 0 Å². The maximum absolute atomic E-state index is 12.2. The van der Waals surface area contributed by atoms with E-state index in [-0.39, 0.29) is 5.91 Å². The second-order valence-corrected chi connectivity index (χ2v) is 8.35. The van der Waals surface area contributed by atoms with Gasteiger partial charge in [0.05, 0.1) is 11.2 Å². The van der Waals surface area contributed by atoms with Crippen LogP contribution >= 0.6 is 67.8 Å². The van der Waals surface area contributed by atoms with Gasteiger partial charge in [0.2, 0.25) is 0 Å². The molecule has 0 spiro atoms. The molecule has 6 heteroatoms. The fourth-order valence-electron chi connectivity index (χ4n) is 2.27. The van der Waals surface area contributed by atoms with Crippen LogP contribution in [0.5, 0.6) is 0 Å². The molecule has 0 atom stereocenters. The van der Waals surface area contributed by atoms with Gasteiger partial charge in [-0.15, -0.1) is 0 Å². The van der Waals surface area contributed by atoms with Gasteiger partial charge in [-0.1, -0.05) is 12.8 Å². The number of carbonyl (C=O) groups excluding carboxylic acids is 1. The number of carbonyl (C=O) groups is 1. The quantitative estimate of drug-likeness (QED) is 0.415. The van der Waals surface area contributed by atoms with E-state index in [0.29, 0.717) is 12.1 Å². The summed E-state index contributed by atoms with van der Waals surface area (Å²) in [4.78, 5) is 12.2. The second-order valence-electron chi connectivity index (χ2n) is 4.86. The fraction of sp³-hybridized carbons (Fsp3) is 0.462. The third-order valence-corrected chi connectivity index (χ3v) is 7.02. The Morgan fingerprint density at radius 1 is 1.26 bits per heavy atom. The molecule has 0 unspecified atom stereocenters. The molecule has 2 N–H and O–H groups in total. The van der Waals surface area contributed by atoms with Gasteiger partial charge in [-0.25, -0.2) is 0 Å². The molecule has 2 rings (SSSR count). The second kappa shape index (κ2) is 6.73. The Hall–Kier alpha value is 0.840. The average Bonchev–Trinajstić information content (AvgIpc) is 2.78. The lowest BCUT2D eigenvalue weighted by atomic mass is 10.0. The number of benzene rings is 1. The van der Waals surface area contributed by atoms with Crippen LogP contribution in [-0.2, 0) is 0 Å². The number of aliphatic hydroxyl groups is 1. The summed E-state index contributed by atoms with van der Waals surface area (Å²) in [5.41, 5.74) is -0.00518. The SMILES string of the molecule is O=C(NCC1(O)CCCC1)c1cc(I)cc(I)c1I. The number of hydrogen-bond acceptors (Lipinski definition) is 2. The third-order valence-electron chi connectivity index (χ3n) is 3.35. The highest BCUT2D eigenvalue weighted by Crippen LogP contribution is 2.29. The Labute approximate surface area is 153 Å². The molecule has 19 heavy (non-hydrogen) atoms. The van der Waals surface area contributed by atoms with Crippen molar-refractivity contribution in [2.75, 3.05) is 6.54 Å². The molecule has 104 valence electrons. The van der Waals surface area contributed by atoms with Crippen LogP contribution in [0.4, 0.5) is 0 Å². The van der Waals surface area contributed by atoms with Gasteiger partial charge in [-0.2, -0.15) is 0 Å². The Balaban J connectivity index is 2.08. The maximum Gasteiger partial charge on any atom is 0.252 e. The summed E-state index contributed by atoms with van der Waals surface area (Å²) in [5.74, 6) is -0.0962. The van der Waals surface area contributed by atoms with Crippen LogP contribution in [-0.4, -0.2) is 23.2 Å². The van der Waals surface area contributed by atoms with Gasteiger partial charge in [-0.3, -0.25) is 4.79 Å². The van der Waals surface area contributed by atoms with Crippen LogP contribution in [0, 0.1) is 10.7 Å². The molecule has 0 bridgehead atoms. The number of halogens is 3. The molecule has 1 aliphatic rings. The first-order valence-corrected chi connectivity index (χ1v) is 9.30. The topological polar surface area (TPSA) is 49.3 Å². The van der Waals surface area contributed by atoms with Crippen LogP contribution in [0.1, 0.15) is 36.0 Å². The lowest BCUT2D eigenvalue weighted by Crippen LogP contribution is -2.41. The van der Waals surface area contributed by atoms with E-state index in [9.17, 15) is 9.90 Å². The summed E-state index contributed by atoms with van der Waals surface area (Å²) in [6.07, 6.45) is 3.67. The first-order chi connectivity index (χ1) is 8.91. The average molecular weight is 597 g/mol. The molecule has 0 radical (unpaired) electrons. The van der Waals surface area contributed by atoms with Crippen molar-refractivity contribution in [2.24, 2.45) is 0 Å². The van der Waals surface area contributed by atoms with Crippen molar-refractivity contribution in [1.82, 2.24) is 5.32 Å². The van der Waals surface area contributed by atoms with Gasteiger partial charge < -0.3 is 10.4 Å². The molecule has 1 amide bonds. The smallest absolute Gasteiger partial charge is 0.252 e. The zero-order valence-corrected chi connectivity index (χ0v) is 16.7. The zero-order valence-electron chi connectivity index (χ0n) is 10.2. The minimum Gasteiger partial charge on any atom is -0.388 e. The van der Waals surface area contributed by atoms with Crippen LogP contribution in [0.15, 0.2) is 12.1 Å². The van der Waals surface area contributed by atoms with Crippen molar-refractivity contribution in [3.05, 3.63) is 28.4 Å². The Morgan fingerprint density at radius 3 is 2.53 bits per heavy atom. The number of rotatable bonds is 3. The highest BCUT2D eigenvalue weighted by Gasteiger charge is 2.31. The molecule has 0 aromatic heterocycles. The molecular formula is C13H14I3NO2. The Kier molecular flexibility index (Phi) is 5.75. The number of amides is 1. The van der Waals surface area contributed by atoms with Crippen molar-refractivity contribution in [2.45, 2.75) is 31.3 Å². The number of hydrogen-bond donors (Lipinski definition) is 2. The molecular weight excluding hydrogens is 583 g/mol. The van der Waals surface area contributed by atoms with Crippen LogP contribution in [0.3, 0.4) is 0 Å². The zero-order chi connectivity index (χ0) is 14.0. The summed E-state index contributed by atoms with van der Waals surface area (Å²) in [7, 11) is 0. The lowest BCUT2D eigenvalue weighted by Gasteiger charge is -2.22. The first-order valence-electron chi connectivity index (χ1n) is 6.06. The molecule has 0 saturated heterocycles. The Bertz CT molecular complexity index is 499. The van der Waals surface area contributed by atoms with Gasteiger partial charge in [-0.05, 0) is 92.7 Å². The summed E-state index contributed by atoms with van der Waals surface area (Å²) in [6.45, 7) is 0.351. The summed E-state index contributed by atoms with van der Waals surface area (Å²) < 4.78 is 3.09. The third kappa shape index (κ3) is 4.16. The van der Waals surface area contributed by atoms with E-state index in [1.165, 1.54) is 0 Å². The van der Waals surface area contributed by atoms with Crippen LogP contribution in [0.25, 0.3) is 0 Å². The van der Waals surface area contributed by atoms with E-state index in [1.54, 1.807) is 0 Å². The molecule has 1 fully saturated rings. The minimum absolute atomic E-state index is 0.0962. The molecule has 1 saturated carbocycles. The van der Waals surface area contributed by atoms with Crippen LogP contribution < -0.4 is 5.32 Å². The summed E-state index contributed by atoms with van der Waals surface area (Å²) >= 11 is 6.64. The molecule has 1 aromatic carbocycles. The van der Waals surface area contributed by atoms with E-state index in [2.05, 4.69) is 73.1 Å². The highest BCUT2D eigenvalue weighted by molar-refractivity contribution is 14.1. The van der Waals surface area contributed by atoms with Crippen molar-refractivity contribution in [3.63, 3.8) is 0 Å². The summed E-state index contributed by atoms with van der Waals surface area (Å²) in [5, 5.41) is 13.1. The molecule has 1 aliphatic carbocycles. The fourth-order valence-corrected chi connectivity index (χ4v) is 4.67. The van der Waals surface area contributed by atoms with Crippen molar-refractivity contribution >= 4 is 73.7 Å². The molecule has 1 aromatic rings. The van der Waals surface area contributed by atoms with Gasteiger partial charge >= 0.3 is 0 Å². The van der Waals surface area contributed by atoms with Crippen molar-refractivity contribution < 1.29 is 9.90 Å². The minimum atomic E-state index is -0.698. The molecule has 3 nitrogen and oxygen atoms in total. The predicted octanol–water partition coefficient (Wildman–Crippen LogP) is 3.54. The van der Waals surface area contributed by atoms with E-state index < -0.39 is 5.60 Å². The Morgan fingerprint density at radius 2 is 1.89 bits per heavy atom. The van der Waals surface area contributed by atoms with Gasteiger partial charge in [0, 0.05) is 17.3 Å². The summed E-state index contributed by atoms with van der Waals surface area (Å²) in [6, 6.07) is 3.93. The van der Waals surface area contributed by atoms with Gasteiger partial charge in [0.1, 0.15) is 0 Å². The predicted molar refractivity (Wildman–Crippen MR) is 100 cm³/mol. The van der Waals surface area contributed by atoms with E-state index in [4.69, 9.17) is 0 Å². The van der Waals surface area contributed by atoms with E-state index in [0.717, 1.165) is 36.4 Å². The molecule has 0 aliphatic heterocycles. The maximum atomic E-state index is 12.2. The monoisotopic (exact) mass is 597 g/mol. The normalized spacial score (nSPS) is 17.5. The largest absolute Gasteiger partial charge is 0.388 e. The molecule has 0 heterocycles. The van der Waals surface area contributed by atoms with Crippen molar-refractivity contribution in [3.8, 4) is 0 Å². The first kappa shape index (κ1) is 16.2. The number of nitrogens with one attached hydrogen (secondary N) is 1. The lowest BCUT2D eigenvalue weighted by molar-refractivity contribution is 0.0449.